The number of aromatic nitrogens is 1. The summed E-state index contributed by atoms with van der Waals surface area (Å²) in [7, 11) is 0. The minimum Gasteiger partial charge on any atom is -0.341 e. The maximum absolute atomic E-state index is 14.4. The number of pyridine rings is 1. The zero-order valence-corrected chi connectivity index (χ0v) is 16.9. The highest BCUT2D eigenvalue weighted by atomic mass is 32.2. The molecule has 0 aliphatic heterocycles. The number of nitrogens with zero attached hydrogens (tertiary/aromatic N) is 1. The predicted molar refractivity (Wildman–Crippen MR) is 116 cm³/mol. The minimum atomic E-state index is -0.260. The van der Waals surface area contributed by atoms with Crippen molar-refractivity contribution >= 4 is 34.2 Å². The molecule has 0 saturated carbocycles. The monoisotopic (exact) mass is 394 g/mol. The van der Waals surface area contributed by atoms with Gasteiger partial charge in [0.25, 0.3) is 0 Å². The van der Waals surface area contributed by atoms with Crippen molar-refractivity contribution in [1.29, 1.82) is 5.41 Å². The molecule has 28 heavy (non-hydrogen) atoms. The number of halogens is 1. The molecule has 4 nitrogen and oxygen atoms in total. The molecular formula is C22H23FN4S. The molecule has 3 rings (SSSR count). The lowest BCUT2D eigenvalue weighted by molar-refractivity contribution is 0.597. The van der Waals surface area contributed by atoms with Crippen LogP contribution in [0, 0.1) is 11.2 Å². The highest BCUT2D eigenvalue weighted by molar-refractivity contribution is 7.97. The number of anilines is 1. The largest absolute Gasteiger partial charge is 0.341 e. The van der Waals surface area contributed by atoms with Crippen LogP contribution in [0.1, 0.15) is 32.3 Å². The van der Waals surface area contributed by atoms with Crippen LogP contribution in [0.5, 0.6) is 0 Å². The molecule has 0 amide bonds. The van der Waals surface area contributed by atoms with Gasteiger partial charge < -0.3 is 15.4 Å². The highest BCUT2D eigenvalue weighted by Crippen LogP contribution is 2.26. The Labute approximate surface area is 168 Å². The third kappa shape index (κ3) is 4.89. The zero-order valence-electron chi connectivity index (χ0n) is 16.1. The summed E-state index contributed by atoms with van der Waals surface area (Å²) in [5, 5.41) is 12.1. The van der Waals surface area contributed by atoms with Crippen LogP contribution in [0.15, 0.2) is 71.5 Å². The SMILES string of the molecule is CC(=N)/C=C(/NSc1ccc(C(C)C)cc1F)Nc1cccc2ncccc12. The molecule has 0 atom stereocenters. The third-order valence-corrected chi connectivity index (χ3v) is 5.04. The van der Waals surface area contributed by atoms with Crippen LogP contribution in [0.4, 0.5) is 10.1 Å². The highest BCUT2D eigenvalue weighted by Gasteiger charge is 2.09. The molecule has 3 N–H and O–H groups in total. The van der Waals surface area contributed by atoms with E-state index in [4.69, 9.17) is 5.41 Å². The van der Waals surface area contributed by atoms with Crippen molar-refractivity contribution in [3.8, 4) is 0 Å². The van der Waals surface area contributed by atoms with Gasteiger partial charge in [-0.05, 0) is 72.8 Å². The number of nitrogens with one attached hydrogen (secondary N) is 3. The number of benzene rings is 2. The Kier molecular flexibility index (Phi) is 6.31. The molecular weight excluding hydrogens is 371 g/mol. The van der Waals surface area contributed by atoms with Gasteiger partial charge in [0, 0.05) is 23.0 Å². The van der Waals surface area contributed by atoms with Crippen LogP contribution >= 0.6 is 11.9 Å². The third-order valence-electron chi connectivity index (χ3n) is 4.17. The molecule has 0 aliphatic rings. The van der Waals surface area contributed by atoms with Gasteiger partial charge in [-0.15, -0.1) is 0 Å². The van der Waals surface area contributed by atoms with Gasteiger partial charge in [-0.3, -0.25) is 4.98 Å². The van der Waals surface area contributed by atoms with E-state index in [1.165, 1.54) is 11.9 Å². The van der Waals surface area contributed by atoms with E-state index >= 15 is 0 Å². The van der Waals surface area contributed by atoms with Crippen molar-refractivity contribution in [2.24, 2.45) is 0 Å². The summed E-state index contributed by atoms with van der Waals surface area (Å²) >= 11 is 1.17. The molecule has 0 aliphatic carbocycles. The Hall–Kier alpha value is -2.86. The first kappa shape index (κ1) is 19.9. The summed E-state index contributed by atoms with van der Waals surface area (Å²) in [4.78, 5) is 4.86. The Morgan fingerprint density at radius 2 is 2.00 bits per heavy atom. The molecule has 0 fully saturated rings. The van der Waals surface area contributed by atoms with Crippen LogP contribution in [-0.4, -0.2) is 10.7 Å². The Balaban J connectivity index is 1.81. The fourth-order valence-electron chi connectivity index (χ4n) is 2.73. The molecule has 0 bridgehead atoms. The normalized spacial score (nSPS) is 11.7. The van der Waals surface area contributed by atoms with Gasteiger partial charge in [0.1, 0.15) is 11.6 Å². The fraction of sp³-hybridized carbons (Fsp3) is 0.182. The maximum Gasteiger partial charge on any atom is 0.138 e. The molecule has 3 aromatic rings. The first-order valence-electron chi connectivity index (χ1n) is 9.04. The summed E-state index contributed by atoms with van der Waals surface area (Å²) in [6.45, 7) is 5.77. The summed E-state index contributed by atoms with van der Waals surface area (Å²) in [6, 6.07) is 15.0. The number of rotatable bonds is 7. The predicted octanol–water partition coefficient (Wildman–Crippen LogP) is 6.09. The Morgan fingerprint density at radius 3 is 2.71 bits per heavy atom. The van der Waals surface area contributed by atoms with Crippen LogP contribution in [-0.2, 0) is 0 Å². The second kappa shape index (κ2) is 8.89. The topological polar surface area (TPSA) is 60.8 Å². The van der Waals surface area contributed by atoms with Gasteiger partial charge in [0.15, 0.2) is 0 Å². The van der Waals surface area contributed by atoms with E-state index in [1.807, 2.05) is 50.2 Å². The van der Waals surface area contributed by atoms with E-state index in [2.05, 4.69) is 15.0 Å². The van der Waals surface area contributed by atoms with Crippen molar-refractivity contribution in [2.45, 2.75) is 31.6 Å². The minimum absolute atomic E-state index is 0.260. The maximum atomic E-state index is 14.4. The molecule has 2 aromatic carbocycles. The van der Waals surface area contributed by atoms with Crippen LogP contribution in [0.25, 0.3) is 10.9 Å². The standard InChI is InChI=1S/C22H23FN4S/c1-14(2)16-9-10-21(18(23)13-16)28-27-22(12-15(3)24)26-20-8-4-7-19-17(20)6-5-11-25-19/h4-14,24,26-27H,1-3H3/b22-12+,24-15?. The second-order valence-corrected chi connectivity index (χ2v) is 7.64. The zero-order chi connectivity index (χ0) is 20.1. The Morgan fingerprint density at radius 1 is 1.18 bits per heavy atom. The van der Waals surface area contributed by atoms with Gasteiger partial charge in [0.05, 0.1) is 10.4 Å². The molecule has 144 valence electrons. The molecule has 6 heteroatoms. The van der Waals surface area contributed by atoms with Gasteiger partial charge >= 0.3 is 0 Å². The van der Waals surface area contributed by atoms with Crippen molar-refractivity contribution in [3.63, 3.8) is 0 Å². The first-order chi connectivity index (χ1) is 13.4. The van der Waals surface area contributed by atoms with Gasteiger partial charge in [0.2, 0.25) is 0 Å². The van der Waals surface area contributed by atoms with Crippen LogP contribution in [0.2, 0.25) is 0 Å². The summed E-state index contributed by atoms with van der Waals surface area (Å²) < 4.78 is 17.5. The average molecular weight is 395 g/mol. The molecule has 1 aromatic heterocycles. The molecule has 0 radical (unpaired) electrons. The lowest BCUT2D eigenvalue weighted by Crippen LogP contribution is -2.14. The molecule has 0 spiro atoms. The van der Waals surface area contributed by atoms with Gasteiger partial charge in [-0.25, -0.2) is 4.39 Å². The average Bonchev–Trinajstić information content (AvgIpc) is 2.66. The second-order valence-electron chi connectivity index (χ2n) is 6.79. The van der Waals surface area contributed by atoms with Crippen LogP contribution < -0.4 is 10.0 Å². The van der Waals surface area contributed by atoms with Crippen molar-refractivity contribution in [1.82, 2.24) is 9.71 Å². The molecule has 1 heterocycles. The van der Waals surface area contributed by atoms with E-state index in [0.717, 1.165) is 22.2 Å². The van der Waals surface area contributed by atoms with E-state index in [-0.39, 0.29) is 11.7 Å². The smallest absolute Gasteiger partial charge is 0.138 e. The number of hydrogen-bond acceptors (Lipinski definition) is 5. The Bertz CT molecular complexity index is 1020. The van der Waals surface area contributed by atoms with Crippen molar-refractivity contribution in [2.75, 3.05) is 5.32 Å². The van der Waals surface area contributed by atoms with E-state index in [0.29, 0.717) is 16.4 Å². The van der Waals surface area contributed by atoms with Crippen molar-refractivity contribution < 1.29 is 4.39 Å². The number of allylic oxidation sites excluding steroid dienone is 1. The van der Waals surface area contributed by atoms with E-state index in [1.54, 1.807) is 31.3 Å². The van der Waals surface area contributed by atoms with Crippen molar-refractivity contribution in [3.05, 3.63) is 78.0 Å². The van der Waals surface area contributed by atoms with E-state index < -0.39 is 0 Å². The van der Waals surface area contributed by atoms with Gasteiger partial charge in [-0.2, -0.15) is 0 Å². The van der Waals surface area contributed by atoms with Gasteiger partial charge in [-0.1, -0.05) is 26.0 Å². The molecule has 0 unspecified atom stereocenters. The summed E-state index contributed by atoms with van der Waals surface area (Å²) in [6.07, 6.45) is 3.42. The van der Waals surface area contributed by atoms with E-state index in [9.17, 15) is 4.39 Å². The number of fused-ring (bicyclic) bond motifs is 1. The fourth-order valence-corrected chi connectivity index (χ4v) is 3.36. The lowest BCUT2D eigenvalue weighted by Gasteiger charge is -2.15. The summed E-state index contributed by atoms with van der Waals surface area (Å²) in [5.41, 5.74) is 3.09. The summed E-state index contributed by atoms with van der Waals surface area (Å²) in [5.74, 6) is 0.615. The number of hydrogen-bond donors (Lipinski definition) is 3. The molecule has 0 saturated heterocycles. The van der Waals surface area contributed by atoms with Crippen LogP contribution in [0.3, 0.4) is 0 Å². The quantitative estimate of drug-likeness (QED) is 0.335. The lowest BCUT2D eigenvalue weighted by atomic mass is 10.0. The first-order valence-corrected chi connectivity index (χ1v) is 9.85.